The van der Waals surface area contributed by atoms with Crippen LogP contribution in [0.5, 0.6) is 5.75 Å². The van der Waals surface area contributed by atoms with Crippen LogP contribution in [0.3, 0.4) is 0 Å². The molecule has 0 saturated carbocycles. The van der Waals surface area contributed by atoms with Crippen molar-refractivity contribution >= 4 is 5.97 Å². The molecule has 1 rings (SSSR count). The zero-order valence-corrected chi connectivity index (χ0v) is 12.1. The highest BCUT2D eigenvalue weighted by atomic mass is 19.1. The largest absolute Gasteiger partial charge is 0.488 e. The third-order valence-electron chi connectivity index (χ3n) is 3.10. The van der Waals surface area contributed by atoms with E-state index >= 15 is 0 Å². The molecule has 0 aromatic heterocycles. The first-order valence-electron chi connectivity index (χ1n) is 6.78. The summed E-state index contributed by atoms with van der Waals surface area (Å²) in [5.41, 5.74) is -1.08. The van der Waals surface area contributed by atoms with Crippen LogP contribution in [0, 0.1) is 5.82 Å². The molecule has 112 valence electrons. The van der Waals surface area contributed by atoms with Crippen LogP contribution < -0.4 is 10.1 Å². The van der Waals surface area contributed by atoms with Crippen LogP contribution >= 0.6 is 0 Å². The van der Waals surface area contributed by atoms with Gasteiger partial charge in [0.05, 0.1) is 6.10 Å². The Morgan fingerprint density at radius 3 is 2.70 bits per heavy atom. The number of carboxylic acids is 1. The Morgan fingerprint density at radius 2 is 2.15 bits per heavy atom. The number of halogens is 1. The number of hydrogen-bond acceptors (Lipinski definition) is 3. The number of aliphatic carboxylic acids is 1. The predicted octanol–water partition coefficient (Wildman–Crippen LogP) is 2.83. The maximum absolute atomic E-state index is 13.5. The minimum atomic E-state index is -1.08. The summed E-state index contributed by atoms with van der Waals surface area (Å²) in [6.45, 7) is 5.93. The van der Waals surface area contributed by atoms with Crippen LogP contribution in [0.15, 0.2) is 24.3 Å². The van der Waals surface area contributed by atoms with Crippen molar-refractivity contribution in [3.05, 3.63) is 30.1 Å². The summed E-state index contributed by atoms with van der Waals surface area (Å²) in [5, 5.41) is 12.3. The lowest BCUT2D eigenvalue weighted by atomic mass is 9.94. The second-order valence-corrected chi connectivity index (χ2v) is 5.13. The van der Waals surface area contributed by atoms with Crippen molar-refractivity contribution in [1.82, 2.24) is 5.32 Å². The lowest BCUT2D eigenvalue weighted by molar-refractivity contribution is -0.145. The molecule has 5 heteroatoms. The summed E-state index contributed by atoms with van der Waals surface area (Å²) in [6.07, 6.45) is 0.666. The molecule has 0 aliphatic carbocycles. The molecule has 20 heavy (non-hydrogen) atoms. The van der Waals surface area contributed by atoms with Gasteiger partial charge in [-0.05, 0) is 38.9 Å². The molecule has 0 bridgehead atoms. The van der Waals surface area contributed by atoms with Crippen molar-refractivity contribution in [2.24, 2.45) is 0 Å². The Kier molecular flexibility index (Phi) is 5.95. The van der Waals surface area contributed by atoms with Crippen molar-refractivity contribution in [2.45, 2.75) is 45.3 Å². The van der Waals surface area contributed by atoms with Crippen molar-refractivity contribution in [2.75, 3.05) is 6.54 Å². The van der Waals surface area contributed by atoms with Crippen LogP contribution in [-0.2, 0) is 4.79 Å². The second-order valence-electron chi connectivity index (χ2n) is 5.13. The fourth-order valence-corrected chi connectivity index (χ4v) is 2.01. The van der Waals surface area contributed by atoms with Gasteiger partial charge in [-0.25, -0.2) is 4.39 Å². The van der Waals surface area contributed by atoms with E-state index in [9.17, 15) is 14.3 Å². The van der Waals surface area contributed by atoms with Gasteiger partial charge >= 0.3 is 5.97 Å². The first-order chi connectivity index (χ1) is 9.39. The Labute approximate surface area is 119 Å². The van der Waals surface area contributed by atoms with E-state index in [1.165, 1.54) is 12.1 Å². The Morgan fingerprint density at radius 1 is 1.50 bits per heavy atom. The number of benzene rings is 1. The highest BCUT2D eigenvalue weighted by Crippen LogP contribution is 2.21. The summed E-state index contributed by atoms with van der Waals surface area (Å²) < 4.78 is 19.0. The molecule has 0 spiro atoms. The average molecular weight is 283 g/mol. The first-order valence-corrected chi connectivity index (χ1v) is 6.78. The zero-order chi connectivity index (χ0) is 15.2. The number of carbonyl (C=O) groups is 1. The Bertz CT molecular complexity index is 452. The molecular weight excluding hydrogens is 261 g/mol. The predicted molar refractivity (Wildman–Crippen MR) is 75.4 cm³/mol. The van der Waals surface area contributed by atoms with Gasteiger partial charge in [-0.1, -0.05) is 19.1 Å². The van der Waals surface area contributed by atoms with Gasteiger partial charge in [0.1, 0.15) is 5.54 Å². The number of carboxylic acid groups (broad SMARTS) is 1. The smallest absolute Gasteiger partial charge is 0.323 e. The van der Waals surface area contributed by atoms with Crippen LogP contribution in [0.4, 0.5) is 4.39 Å². The van der Waals surface area contributed by atoms with E-state index < -0.39 is 23.4 Å². The molecule has 0 aliphatic rings. The molecule has 1 aromatic carbocycles. The van der Waals surface area contributed by atoms with E-state index in [1.54, 1.807) is 26.0 Å². The number of nitrogens with one attached hydrogen (secondary N) is 1. The third-order valence-corrected chi connectivity index (χ3v) is 3.10. The van der Waals surface area contributed by atoms with E-state index in [2.05, 4.69) is 5.32 Å². The van der Waals surface area contributed by atoms with E-state index in [0.717, 1.165) is 6.42 Å². The lowest BCUT2D eigenvalue weighted by Crippen LogP contribution is -2.52. The average Bonchev–Trinajstić information content (AvgIpc) is 2.39. The monoisotopic (exact) mass is 283 g/mol. The van der Waals surface area contributed by atoms with E-state index in [0.29, 0.717) is 6.54 Å². The molecule has 0 saturated heterocycles. The van der Waals surface area contributed by atoms with Crippen LogP contribution in [-0.4, -0.2) is 29.3 Å². The molecule has 0 fully saturated rings. The summed E-state index contributed by atoms with van der Waals surface area (Å²) >= 11 is 0. The molecule has 0 aliphatic heterocycles. The van der Waals surface area contributed by atoms with Gasteiger partial charge in [-0.3, -0.25) is 4.79 Å². The van der Waals surface area contributed by atoms with Gasteiger partial charge in [-0.2, -0.15) is 0 Å². The maximum atomic E-state index is 13.5. The minimum absolute atomic E-state index is 0.142. The van der Waals surface area contributed by atoms with Crippen LogP contribution in [0.2, 0.25) is 0 Å². The van der Waals surface area contributed by atoms with E-state index in [1.807, 2.05) is 6.92 Å². The highest BCUT2D eigenvalue weighted by Gasteiger charge is 2.34. The van der Waals surface area contributed by atoms with Gasteiger partial charge in [0.15, 0.2) is 11.6 Å². The molecule has 0 heterocycles. The minimum Gasteiger partial charge on any atom is -0.488 e. The van der Waals surface area contributed by atoms with Gasteiger partial charge in [0.25, 0.3) is 0 Å². The fraction of sp³-hybridized carbons (Fsp3) is 0.533. The topological polar surface area (TPSA) is 58.6 Å². The van der Waals surface area contributed by atoms with Crippen LogP contribution in [0.25, 0.3) is 0 Å². The molecular formula is C15H22FNO3. The normalized spacial score (nSPS) is 15.4. The van der Waals surface area contributed by atoms with Gasteiger partial charge in [0.2, 0.25) is 0 Å². The summed E-state index contributed by atoms with van der Waals surface area (Å²) in [4.78, 5) is 11.4. The lowest BCUT2D eigenvalue weighted by Gasteiger charge is -2.29. The molecule has 4 nitrogen and oxygen atoms in total. The zero-order valence-electron chi connectivity index (χ0n) is 12.1. The quantitative estimate of drug-likeness (QED) is 0.770. The van der Waals surface area contributed by atoms with Gasteiger partial charge in [0, 0.05) is 6.42 Å². The molecule has 2 atom stereocenters. The van der Waals surface area contributed by atoms with Crippen LogP contribution in [0.1, 0.15) is 33.6 Å². The standard InChI is InChI=1S/C15H22FNO3/c1-4-9-17-15(3,14(18)19)10-11(2)20-13-8-6-5-7-12(13)16/h5-8,11,17H,4,9-10H2,1-3H3,(H,18,19). The summed E-state index contributed by atoms with van der Waals surface area (Å²) in [6, 6.07) is 6.10. The molecule has 2 N–H and O–H groups in total. The Balaban J connectivity index is 2.69. The second kappa shape index (κ2) is 7.24. The highest BCUT2D eigenvalue weighted by molar-refractivity contribution is 5.78. The first kappa shape index (κ1) is 16.4. The van der Waals surface area contributed by atoms with E-state index in [-0.39, 0.29) is 12.2 Å². The number of rotatable bonds is 8. The molecule has 2 unspecified atom stereocenters. The molecule has 0 radical (unpaired) electrons. The fourth-order valence-electron chi connectivity index (χ4n) is 2.01. The van der Waals surface area contributed by atoms with Crippen molar-refractivity contribution in [1.29, 1.82) is 0 Å². The Hall–Kier alpha value is -1.62. The van der Waals surface area contributed by atoms with Crippen molar-refractivity contribution < 1.29 is 19.0 Å². The molecule has 0 amide bonds. The number of para-hydroxylation sites is 1. The molecule has 1 aromatic rings. The van der Waals surface area contributed by atoms with Gasteiger partial charge in [-0.15, -0.1) is 0 Å². The van der Waals surface area contributed by atoms with Gasteiger partial charge < -0.3 is 15.2 Å². The van der Waals surface area contributed by atoms with Crippen molar-refractivity contribution in [3.8, 4) is 5.75 Å². The van der Waals surface area contributed by atoms with E-state index in [4.69, 9.17) is 4.74 Å². The number of ether oxygens (including phenoxy) is 1. The summed E-state index contributed by atoms with van der Waals surface area (Å²) in [7, 11) is 0. The number of hydrogen-bond donors (Lipinski definition) is 2. The maximum Gasteiger partial charge on any atom is 0.323 e. The van der Waals surface area contributed by atoms with Crippen molar-refractivity contribution in [3.63, 3.8) is 0 Å². The summed E-state index contributed by atoms with van der Waals surface area (Å²) in [5.74, 6) is -1.24. The SMILES string of the molecule is CCCNC(C)(CC(C)Oc1ccccc1F)C(=O)O. The third kappa shape index (κ3) is 4.49.